The number of nitrogens with one attached hydrogen (secondary N) is 1. The van der Waals surface area contributed by atoms with Crippen molar-refractivity contribution in [1.82, 2.24) is 10.3 Å². The molecule has 1 aromatic rings. The molecule has 0 aliphatic heterocycles. The van der Waals surface area contributed by atoms with Crippen LogP contribution in [0.25, 0.3) is 0 Å². The van der Waals surface area contributed by atoms with Crippen LogP contribution in [0.4, 0.5) is 0 Å². The number of rotatable bonds is 5. The van der Waals surface area contributed by atoms with Crippen LogP contribution < -0.4 is 5.32 Å². The molecule has 1 fully saturated rings. The fourth-order valence-corrected chi connectivity index (χ4v) is 3.17. The van der Waals surface area contributed by atoms with E-state index in [0.29, 0.717) is 11.5 Å². The molecule has 1 atom stereocenters. The summed E-state index contributed by atoms with van der Waals surface area (Å²) in [6.45, 7) is 8.14. The summed E-state index contributed by atoms with van der Waals surface area (Å²) in [5, 5.41) is 3.74. The van der Waals surface area contributed by atoms with Gasteiger partial charge in [-0.25, -0.2) is 0 Å². The summed E-state index contributed by atoms with van der Waals surface area (Å²) in [5.41, 5.74) is 1.90. The second-order valence-electron chi connectivity index (χ2n) is 6.72. The first-order valence-electron chi connectivity index (χ1n) is 7.76. The lowest BCUT2D eigenvalue weighted by molar-refractivity contribution is 0.161. The van der Waals surface area contributed by atoms with E-state index < -0.39 is 0 Å². The highest BCUT2D eigenvalue weighted by Crippen LogP contribution is 2.42. The normalized spacial score (nSPS) is 21.2. The van der Waals surface area contributed by atoms with Gasteiger partial charge in [0.2, 0.25) is 0 Å². The summed E-state index contributed by atoms with van der Waals surface area (Å²) in [5.74, 6) is 0.767. The molecule has 1 N–H and O–H groups in total. The van der Waals surface area contributed by atoms with Crippen molar-refractivity contribution in [3.05, 3.63) is 30.1 Å². The van der Waals surface area contributed by atoms with Crippen LogP contribution in [0.1, 0.15) is 64.5 Å². The fraction of sp³-hybridized carbons (Fsp3) is 0.706. The zero-order valence-corrected chi connectivity index (χ0v) is 12.7. The predicted octanol–water partition coefficient (Wildman–Crippen LogP) is 4.34. The molecule has 1 heterocycles. The van der Waals surface area contributed by atoms with E-state index in [9.17, 15) is 0 Å². The standard InChI is InChI=1S/C17H28N2/c1-4-11-19-16(15-6-5-12-18-13-15)14-7-9-17(2,3)10-8-14/h5-6,12-14,16,19H,4,7-11H2,1-3H3. The van der Waals surface area contributed by atoms with Gasteiger partial charge in [0.15, 0.2) is 0 Å². The van der Waals surface area contributed by atoms with Gasteiger partial charge in [-0.15, -0.1) is 0 Å². The highest BCUT2D eigenvalue weighted by atomic mass is 14.9. The Hall–Kier alpha value is -0.890. The molecule has 2 heteroatoms. The third-order valence-electron chi connectivity index (χ3n) is 4.51. The lowest BCUT2D eigenvalue weighted by Crippen LogP contribution is -2.33. The molecule has 0 radical (unpaired) electrons. The van der Waals surface area contributed by atoms with E-state index in [0.717, 1.165) is 12.5 Å². The Morgan fingerprint density at radius 1 is 1.37 bits per heavy atom. The summed E-state index contributed by atoms with van der Waals surface area (Å²) in [4.78, 5) is 4.30. The van der Waals surface area contributed by atoms with E-state index in [2.05, 4.69) is 43.2 Å². The molecule has 106 valence electrons. The van der Waals surface area contributed by atoms with Crippen LogP contribution >= 0.6 is 0 Å². The number of nitrogens with zero attached hydrogens (tertiary/aromatic N) is 1. The second kappa shape index (κ2) is 6.51. The van der Waals surface area contributed by atoms with Crippen molar-refractivity contribution in [2.24, 2.45) is 11.3 Å². The van der Waals surface area contributed by atoms with Crippen LogP contribution in [0, 0.1) is 11.3 Å². The number of hydrogen-bond acceptors (Lipinski definition) is 2. The van der Waals surface area contributed by atoms with E-state index in [-0.39, 0.29) is 0 Å². The Balaban J connectivity index is 2.06. The Morgan fingerprint density at radius 2 is 2.11 bits per heavy atom. The topological polar surface area (TPSA) is 24.9 Å². The molecule has 19 heavy (non-hydrogen) atoms. The molecule has 0 aromatic carbocycles. The van der Waals surface area contributed by atoms with Gasteiger partial charge in [-0.2, -0.15) is 0 Å². The van der Waals surface area contributed by atoms with Gasteiger partial charge in [-0.1, -0.05) is 26.8 Å². The monoisotopic (exact) mass is 260 g/mol. The van der Waals surface area contributed by atoms with Crippen LogP contribution in [-0.2, 0) is 0 Å². The van der Waals surface area contributed by atoms with Crippen LogP contribution in [-0.4, -0.2) is 11.5 Å². The minimum absolute atomic E-state index is 0.491. The first-order chi connectivity index (χ1) is 9.12. The second-order valence-corrected chi connectivity index (χ2v) is 6.72. The molecule has 0 bridgehead atoms. The van der Waals surface area contributed by atoms with E-state index in [1.54, 1.807) is 0 Å². The minimum Gasteiger partial charge on any atom is -0.310 e. The Bertz CT molecular complexity index is 362. The first kappa shape index (κ1) is 14.5. The molecule has 2 nitrogen and oxygen atoms in total. The van der Waals surface area contributed by atoms with Gasteiger partial charge >= 0.3 is 0 Å². The first-order valence-corrected chi connectivity index (χ1v) is 7.76. The van der Waals surface area contributed by atoms with Crippen LogP contribution in [0.3, 0.4) is 0 Å². The third kappa shape index (κ3) is 4.04. The van der Waals surface area contributed by atoms with Gasteiger partial charge < -0.3 is 5.32 Å². The largest absolute Gasteiger partial charge is 0.310 e. The van der Waals surface area contributed by atoms with Crippen molar-refractivity contribution in [2.75, 3.05) is 6.54 Å². The summed E-state index contributed by atoms with van der Waals surface area (Å²) < 4.78 is 0. The number of hydrogen-bond donors (Lipinski definition) is 1. The SMILES string of the molecule is CCCNC(c1cccnc1)C1CCC(C)(C)CC1. The Kier molecular flexibility index (Phi) is 4.98. The van der Waals surface area contributed by atoms with Crippen molar-refractivity contribution >= 4 is 0 Å². The molecule has 0 amide bonds. The molecule has 1 aliphatic carbocycles. The van der Waals surface area contributed by atoms with Crippen molar-refractivity contribution in [3.63, 3.8) is 0 Å². The van der Waals surface area contributed by atoms with Crippen LogP contribution in [0.2, 0.25) is 0 Å². The quantitative estimate of drug-likeness (QED) is 0.852. The van der Waals surface area contributed by atoms with Crippen LogP contribution in [0.5, 0.6) is 0 Å². The van der Waals surface area contributed by atoms with E-state index in [4.69, 9.17) is 0 Å². The van der Waals surface area contributed by atoms with Crippen molar-refractivity contribution < 1.29 is 0 Å². The minimum atomic E-state index is 0.491. The zero-order valence-electron chi connectivity index (χ0n) is 12.7. The smallest absolute Gasteiger partial charge is 0.0363 e. The molecular formula is C17H28N2. The molecule has 1 saturated carbocycles. The zero-order chi connectivity index (χ0) is 13.7. The fourth-order valence-electron chi connectivity index (χ4n) is 3.17. The third-order valence-corrected chi connectivity index (χ3v) is 4.51. The number of aromatic nitrogens is 1. The van der Waals surface area contributed by atoms with Gasteiger partial charge in [0.25, 0.3) is 0 Å². The maximum atomic E-state index is 4.30. The van der Waals surface area contributed by atoms with Crippen molar-refractivity contribution in [3.8, 4) is 0 Å². The van der Waals surface area contributed by atoms with Gasteiger partial charge in [0.1, 0.15) is 0 Å². The molecule has 0 saturated heterocycles. The number of pyridine rings is 1. The highest BCUT2D eigenvalue weighted by Gasteiger charge is 2.31. The molecule has 1 unspecified atom stereocenters. The highest BCUT2D eigenvalue weighted by molar-refractivity contribution is 5.15. The van der Waals surface area contributed by atoms with Crippen LogP contribution in [0.15, 0.2) is 24.5 Å². The summed E-state index contributed by atoms with van der Waals surface area (Å²) >= 11 is 0. The average Bonchev–Trinajstić information content (AvgIpc) is 2.42. The van der Waals surface area contributed by atoms with E-state index in [1.165, 1.54) is 37.7 Å². The molecule has 0 spiro atoms. The summed E-state index contributed by atoms with van der Waals surface area (Å²) in [7, 11) is 0. The van der Waals surface area contributed by atoms with E-state index >= 15 is 0 Å². The lowest BCUT2D eigenvalue weighted by atomic mass is 9.70. The lowest BCUT2D eigenvalue weighted by Gasteiger charge is -2.38. The summed E-state index contributed by atoms with van der Waals surface area (Å²) in [6.07, 6.45) is 10.5. The summed E-state index contributed by atoms with van der Waals surface area (Å²) in [6, 6.07) is 4.77. The maximum absolute atomic E-state index is 4.30. The molecule has 1 aliphatic rings. The maximum Gasteiger partial charge on any atom is 0.0363 e. The molecular weight excluding hydrogens is 232 g/mol. The predicted molar refractivity (Wildman–Crippen MR) is 81.0 cm³/mol. The van der Waals surface area contributed by atoms with Crippen molar-refractivity contribution in [1.29, 1.82) is 0 Å². The Morgan fingerprint density at radius 3 is 2.68 bits per heavy atom. The van der Waals surface area contributed by atoms with Gasteiger partial charge in [-0.05, 0) is 61.6 Å². The van der Waals surface area contributed by atoms with Gasteiger partial charge in [0.05, 0.1) is 0 Å². The molecule has 1 aromatic heterocycles. The average molecular weight is 260 g/mol. The van der Waals surface area contributed by atoms with Gasteiger partial charge in [0, 0.05) is 18.4 Å². The molecule has 2 rings (SSSR count). The Labute approximate surface area is 118 Å². The van der Waals surface area contributed by atoms with E-state index in [1.807, 2.05) is 12.4 Å². The van der Waals surface area contributed by atoms with Gasteiger partial charge in [-0.3, -0.25) is 4.98 Å². The van der Waals surface area contributed by atoms with Crippen molar-refractivity contribution in [2.45, 2.75) is 58.9 Å².